The number of nitrogen functional groups attached to an aromatic ring is 1. The number of ether oxygens (including phenoxy) is 1. The Morgan fingerprint density at radius 1 is 1.29 bits per heavy atom. The van der Waals surface area contributed by atoms with Gasteiger partial charge in [0.2, 0.25) is 0 Å². The second-order valence-electron chi connectivity index (χ2n) is 4.13. The van der Waals surface area contributed by atoms with Gasteiger partial charge in [0.05, 0.1) is 17.3 Å². The number of methoxy groups -OCH3 is 1. The van der Waals surface area contributed by atoms with Crippen molar-refractivity contribution in [2.75, 3.05) is 18.2 Å². The molecule has 1 amide bonds. The van der Waals surface area contributed by atoms with E-state index < -0.39 is 17.5 Å². The lowest BCUT2D eigenvalue weighted by molar-refractivity contribution is 0.102. The monoisotopic (exact) mass is 356 g/mol. The Bertz CT molecular complexity index is 708. The molecule has 0 heterocycles. The van der Waals surface area contributed by atoms with Crippen molar-refractivity contribution in [1.29, 1.82) is 0 Å². The van der Waals surface area contributed by atoms with Crippen LogP contribution in [-0.4, -0.2) is 13.0 Å². The number of anilines is 2. The van der Waals surface area contributed by atoms with Crippen LogP contribution >= 0.6 is 15.9 Å². The van der Waals surface area contributed by atoms with Crippen LogP contribution in [0.5, 0.6) is 5.75 Å². The van der Waals surface area contributed by atoms with Crippen molar-refractivity contribution in [2.24, 2.45) is 0 Å². The predicted octanol–water partition coefficient (Wildman–Crippen LogP) is 3.57. The zero-order valence-electron chi connectivity index (χ0n) is 10.9. The first kappa shape index (κ1) is 15.2. The van der Waals surface area contributed by atoms with Crippen LogP contribution in [0.2, 0.25) is 0 Å². The highest BCUT2D eigenvalue weighted by Crippen LogP contribution is 2.28. The smallest absolute Gasteiger partial charge is 0.255 e. The van der Waals surface area contributed by atoms with Crippen molar-refractivity contribution in [3.05, 3.63) is 52.0 Å². The molecule has 0 aliphatic rings. The molecule has 2 aromatic rings. The lowest BCUT2D eigenvalue weighted by Gasteiger charge is -2.11. The first-order valence-electron chi connectivity index (χ1n) is 5.82. The van der Waals surface area contributed by atoms with Crippen LogP contribution in [0.15, 0.2) is 34.8 Å². The summed E-state index contributed by atoms with van der Waals surface area (Å²) < 4.78 is 32.4. The second kappa shape index (κ2) is 6.09. The number of carbonyl (C=O) groups is 1. The molecule has 7 heteroatoms. The van der Waals surface area contributed by atoms with Gasteiger partial charge < -0.3 is 15.8 Å². The minimum Gasteiger partial charge on any atom is -0.496 e. The maximum atomic E-state index is 13.6. The van der Waals surface area contributed by atoms with Gasteiger partial charge in [-0.15, -0.1) is 0 Å². The number of nitrogens with one attached hydrogen (secondary N) is 1. The minimum atomic E-state index is -1.20. The molecule has 2 rings (SSSR count). The average molecular weight is 357 g/mol. The molecule has 0 saturated carbocycles. The van der Waals surface area contributed by atoms with Gasteiger partial charge >= 0.3 is 0 Å². The molecule has 3 N–H and O–H groups in total. The van der Waals surface area contributed by atoms with Crippen LogP contribution in [0.1, 0.15) is 10.4 Å². The summed E-state index contributed by atoms with van der Waals surface area (Å²) in [5.74, 6) is -2.36. The maximum absolute atomic E-state index is 13.6. The van der Waals surface area contributed by atoms with Crippen molar-refractivity contribution < 1.29 is 18.3 Å². The van der Waals surface area contributed by atoms with Gasteiger partial charge in [-0.25, -0.2) is 8.78 Å². The summed E-state index contributed by atoms with van der Waals surface area (Å²) in [6, 6.07) is 6.64. The van der Waals surface area contributed by atoms with Crippen LogP contribution in [0, 0.1) is 11.6 Å². The second-order valence-corrected chi connectivity index (χ2v) is 4.98. The largest absolute Gasteiger partial charge is 0.496 e. The Kier molecular flexibility index (Phi) is 4.42. The minimum absolute atomic E-state index is 0.0603. The molecule has 21 heavy (non-hydrogen) atoms. The number of halogens is 3. The Morgan fingerprint density at radius 2 is 2.00 bits per heavy atom. The third-order valence-corrected chi connectivity index (χ3v) is 3.40. The van der Waals surface area contributed by atoms with Crippen LogP contribution < -0.4 is 15.8 Å². The van der Waals surface area contributed by atoms with Crippen LogP contribution in [0.25, 0.3) is 0 Å². The Labute approximate surface area is 128 Å². The van der Waals surface area contributed by atoms with E-state index in [1.165, 1.54) is 25.3 Å². The van der Waals surface area contributed by atoms with E-state index in [1.54, 1.807) is 6.07 Å². The summed E-state index contributed by atoms with van der Waals surface area (Å²) >= 11 is 3.24. The summed E-state index contributed by atoms with van der Waals surface area (Å²) in [6.45, 7) is 0. The van der Waals surface area contributed by atoms with Gasteiger partial charge in [0.25, 0.3) is 5.91 Å². The van der Waals surface area contributed by atoms with Crippen molar-refractivity contribution in [1.82, 2.24) is 0 Å². The third kappa shape index (κ3) is 3.13. The Balaban J connectivity index is 2.30. The number of benzene rings is 2. The molecule has 0 fully saturated rings. The topological polar surface area (TPSA) is 64.3 Å². The van der Waals surface area contributed by atoms with Crippen LogP contribution in [0.4, 0.5) is 20.2 Å². The van der Waals surface area contributed by atoms with Gasteiger partial charge in [0.15, 0.2) is 11.6 Å². The standard InChI is InChI=1S/C14H11BrF2N2O2/c1-21-11-5-2-7(6-8(11)15)14(20)19-13-10(18)4-3-9(16)12(13)17/h2-6H,18H2,1H3,(H,19,20). The molecule has 0 radical (unpaired) electrons. The number of nitrogens with two attached hydrogens (primary N) is 1. The quantitative estimate of drug-likeness (QED) is 0.826. The van der Waals surface area contributed by atoms with E-state index in [-0.39, 0.29) is 16.9 Å². The molecule has 0 unspecified atom stereocenters. The number of hydrogen-bond donors (Lipinski definition) is 2. The summed E-state index contributed by atoms with van der Waals surface area (Å²) in [5.41, 5.74) is 5.34. The lowest BCUT2D eigenvalue weighted by atomic mass is 10.2. The fourth-order valence-electron chi connectivity index (χ4n) is 1.69. The highest BCUT2D eigenvalue weighted by Gasteiger charge is 2.16. The van der Waals surface area contributed by atoms with E-state index >= 15 is 0 Å². The third-order valence-electron chi connectivity index (χ3n) is 2.78. The number of amides is 1. The molecule has 4 nitrogen and oxygen atoms in total. The van der Waals surface area contributed by atoms with Gasteiger partial charge in [0, 0.05) is 5.56 Å². The Morgan fingerprint density at radius 3 is 2.62 bits per heavy atom. The molecule has 0 bridgehead atoms. The highest BCUT2D eigenvalue weighted by atomic mass is 79.9. The average Bonchev–Trinajstić information content (AvgIpc) is 2.47. The van der Waals surface area contributed by atoms with Crippen LogP contribution in [-0.2, 0) is 0 Å². The van der Waals surface area contributed by atoms with Gasteiger partial charge in [-0.3, -0.25) is 4.79 Å². The molecule has 2 aromatic carbocycles. The first-order chi connectivity index (χ1) is 9.93. The molecule has 0 aliphatic carbocycles. The normalized spacial score (nSPS) is 10.3. The fraction of sp³-hybridized carbons (Fsp3) is 0.0714. The van der Waals surface area contributed by atoms with E-state index in [9.17, 15) is 13.6 Å². The number of carbonyl (C=O) groups excluding carboxylic acids is 1. The number of hydrogen-bond acceptors (Lipinski definition) is 3. The SMILES string of the molecule is COc1ccc(C(=O)Nc2c(N)ccc(F)c2F)cc1Br. The fourth-order valence-corrected chi connectivity index (χ4v) is 2.23. The van der Waals surface area contributed by atoms with E-state index in [2.05, 4.69) is 21.2 Å². The molecule has 0 saturated heterocycles. The zero-order chi connectivity index (χ0) is 15.6. The van der Waals surface area contributed by atoms with Gasteiger partial charge in [-0.2, -0.15) is 0 Å². The van der Waals surface area contributed by atoms with E-state index in [1.807, 2.05) is 0 Å². The zero-order valence-corrected chi connectivity index (χ0v) is 12.5. The van der Waals surface area contributed by atoms with Gasteiger partial charge in [-0.05, 0) is 46.3 Å². The van der Waals surface area contributed by atoms with Crippen LogP contribution in [0.3, 0.4) is 0 Å². The first-order valence-corrected chi connectivity index (χ1v) is 6.61. The van der Waals surface area contributed by atoms with E-state index in [4.69, 9.17) is 10.5 Å². The summed E-state index contributed by atoms with van der Waals surface area (Å²) in [7, 11) is 1.49. The molecule has 0 spiro atoms. The summed E-state index contributed by atoms with van der Waals surface area (Å²) in [6.07, 6.45) is 0. The van der Waals surface area contributed by atoms with Crippen molar-refractivity contribution >= 4 is 33.2 Å². The maximum Gasteiger partial charge on any atom is 0.255 e. The summed E-state index contributed by atoms with van der Waals surface area (Å²) in [5, 5.41) is 2.26. The van der Waals surface area contributed by atoms with Crippen molar-refractivity contribution in [3.63, 3.8) is 0 Å². The molecular weight excluding hydrogens is 346 g/mol. The van der Waals surface area contributed by atoms with Gasteiger partial charge in [0.1, 0.15) is 11.4 Å². The molecule has 0 atom stereocenters. The summed E-state index contributed by atoms with van der Waals surface area (Å²) in [4.78, 5) is 12.1. The molecular formula is C14H11BrF2N2O2. The molecule has 110 valence electrons. The lowest BCUT2D eigenvalue weighted by Crippen LogP contribution is -2.15. The van der Waals surface area contributed by atoms with Crippen molar-refractivity contribution in [3.8, 4) is 5.75 Å². The van der Waals surface area contributed by atoms with Gasteiger partial charge in [-0.1, -0.05) is 0 Å². The number of rotatable bonds is 3. The van der Waals surface area contributed by atoms with E-state index in [0.29, 0.717) is 10.2 Å². The Hall–Kier alpha value is -2.15. The molecule has 0 aliphatic heterocycles. The van der Waals surface area contributed by atoms with Crippen molar-refractivity contribution in [2.45, 2.75) is 0 Å². The molecule has 0 aromatic heterocycles. The van der Waals surface area contributed by atoms with E-state index in [0.717, 1.165) is 6.07 Å². The highest BCUT2D eigenvalue weighted by molar-refractivity contribution is 9.10. The predicted molar refractivity (Wildman–Crippen MR) is 79.4 cm³/mol.